The van der Waals surface area contributed by atoms with Crippen LogP contribution in [0.25, 0.3) is 0 Å². The van der Waals surface area contributed by atoms with Crippen molar-refractivity contribution in [1.82, 2.24) is 10.4 Å². The molecule has 0 spiro atoms. The van der Waals surface area contributed by atoms with Crippen LogP contribution >= 0.6 is 24.8 Å². The number of piperidine rings is 1. The standard InChI is InChI=1S/C8H16N2S2/c1-6-3-4-10(5-7(6)2)9-8(11)12/h6-7H,3-5H2,1-2H3,(H2,9,11,12). The summed E-state index contributed by atoms with van der Waals surface area (Å²) in [5, 5.41) is 2.15. The number of thiol groups is 1. The molecule has 0 amide bonds. The lowest BCUT2D eigenvalue weighted by Crippen LogP contribution is -2.47. The largest absolute Gasteiger partial charge is 0.304 e. The molecule has 0 radical (unpaired) electrons. The van der Waals surface area contributed by atoms with Crippen molar-refractivity contribution in [2.45, 2.75) is 20.3 Å². The quantitative estimate of drug-likeness (QED) is 0.499. The zero-order chi connectivity index (χ0) is 9.14. The second-order valence-electron chi connectivity index (χ2n) is 3.61. The molecule has 0 saturated carbocycles. The SMILES string of the molecule is CC1CCN(NC(=S)S)CC1C. The van der Waals surface area contributed by atoms with Gasteiger partial charge in [-0.05, 0) is 18.3 Å². The molecule has 2 unspecified atom stereocenters. The van der Waals surface area contributed by atoms with Crippen molar-refractivity contribution in [1.29, 1.82) is 0 Å². The molecular formula is C8H16N2S2. The fraction of sp³-hybridized carbons (Fsp3) is 0.875. The van der Waals surface area contributed by atoms with E-state index in [-0.39, 0.29) is 0 Å². The van der Waals surface area contributed by atoms with E-state index in [9.17, 15) is 0 Å². The Hall–Kier alpha value is 0.200. The van der Waals surface area contributed by atoms with E-state index in [0.29, 0.717) is 4.32 Å². The minimum atomic E-state index is 0.566. The molecular weight excluding hydrogens is 188 g/mol. The number of hydrogen-bond donors (Lipinski definition) is 2. The van der Waals surface area contributed by atoms with Crippen molar-refractivity contribution >= 4 is 29.2 Å². The maximum Gasteiger partial charge on any atom is 0.145 e. The average Bonchev–Trinajstić information content (AvgIpc) is 1.96. The van der Waals surface area contributed by atoms with Crippen LogP contribution in [0.2, 0.25) is 0 Å². The van der Waals surface area contributed by atoms with Crippen molar-refractivity contribution < 1.29 is 0 Å². The highest BCUT2D eigenvalue weighted by atomic mass is 32.1. The van der Waals surface area contributed by atoms with Crippen LogP contribution in [0, 0.1) is 11.8 Å². The molecule has 12 heavy (non-hydrogen) atoms. The first kappa shape index (κ1) is 10.3. The lowest BCUT2D eigenvalue weighted by Gasteiger charge is -2.35. The third-order valence-electron chi connectivity index (χ3n) is 2.59. The number of hydrogen-bond acceptors (Lipinski definition) is 2. The van der Waals surface area contributed by atoms with Gasteiger partial charge in [-0.2, -0.15) is 0 Å². The summed E-state index contributed by atoms with van der Waals surface area (Å²) < 4.78 is 0.566. The van der Waals surface area contributed by atoms with Crippen molar-refractivity contribution in [3.63, 3.8) is 0 Å². The van der Waals surface area contributed by atoms with Crippen LogP contribution in [0.15, 0.2) is 0 Å². The maximum atomic E-state index is 4.86. The van der Waals surface area contributed by atoms with E-state index in [4.69, 9.17) is 12.2 Å². The molecule has 1 aliphatic rings. The molecule has 1 N–H and O–H groups in total. The highest BCUT2D eigenvalue weighted by Gasteiger charge is 2.22. The Morgan fingerprint density at radius 1 is 1.50 bits per heavy atom. The van der Waals surface area contributed by atoms with Crippen LogP contribution in [0.1, 0.15) is 20.3 Å². The Morgan fingerprint density at radius 3 is 2.67 bits per heavy atom. The Kier molecular flexibility index (Phi) is 3.80. The molecule has 70 valence electrons. The van der Waals surface area contributed by atoms with E-state index >= 15 is 0 Å². The second-order valence-corrected chi connectivity index (χ2v) is 4.76. The van der Waals surface area contributed by atoms with E-state index in [2.05, 4.69) is 36.9 Å². The summed E-state index contributed by atoms with van der Waals surface area (Å²) in [6, 6.07) is 0. The molecule has 0 aromatic carbocycles. The highest BCUT2D eigenvalue weighted by Crippen LogP contribution is 2.20. The summed E-state index contributed by atoms with van der Waals surface area (Å²) in [4.78, 5) is 0. The van der Waals surface area contributed by atoms with Gasteiger partial charge in [0.15, 0.2) is 0 Å². The average molecular weight is 204 g/mol. The fourth-order valence-corrected chi connectivity index (χ4v) is 1.77. The van der Waals surface area contributed by atoms with Gasteiger partial charge in [0.2, 0.25) is 0 Å². The number of nitrogens with one attached hydrogen (secondary N) is 1. The van der Waals surface area contributed by atoms with Crippen LogP contribution in [-0.4, -0.2) is 22.4 Å². The number of thiocarbonyl (C=S) groups is 1. The molecule has 0 bridgehead atoms. The first-order valence-corrected chi connectivity index (χ1v) is 5.19. The number of nitrogens with zero attached hydrogens (tertiary/aromatic N) is 1. The van der Waals surface area contributed by atoms with Crippen LogP contribution in [0.5, 0.6) is 0 Å². The first-order valence-electron chi connectivity index (χ1n) is 4.34. The van der Waals surface area contributed by atoms with Crippen LogP contribution in [0.4, 0.5) is 0 Å². The minimum Gasteiger partial charge on any atom is -0.304 e. The molecule has 0 aromatic heterocycles. The molecule has 2 atom stereocenters. The second kappa shape index (κ2) is 4.44. The maximum absolute atomic E-state index is 4.86. The van der Waals surface area contributed by atoms with E-state index < -0.39 is 0 Å². The summed E-state index contributed by atoms with van der Waals surface area (Å²) >= 11 is 8.89. The first-order chi connectivity index (χ1) is 5.59. The molecule has 4 heteroatoms. The Labute approximate surface area is 85.1 Å². The summed E-state index contributed by atoms with van der Waals surface area (Å²) in [5.41, 5.74) is 3.06. The molecule has 1 saturated heterocycles. The van der Waals surface area contributed by atoms with Gasteiger partial charge >= 0.3 is 0 Å². The van der Waals surface area contributed by atoms with E-state index in [1.54, 1.807) is 0 Å². The van der Waals surface area contributed by atoms with Crippen LogP contribution in [-0.2, 0) is 0 Å². The van der Waals surface area contributed by atoms with Gasteiger partial charge < -0.3 is 5.43 Å². The topological polar surface area (TPSA) is 15.3 Å². The number of rotatable bonds is 1. The predicted molar refractivity (Wildman–Crippen MR) is 59.2 cm³/mol. The lowest BCUT2D eigenvalue weighted by atomic mass is 9.89. The van der Waals surface area contributed by atoms with Gasteiger partial charge in [0.1, 0.15) is 4.32 Å². The molecule has 0 aromatic rings. The molecule has 1 heterocycles. The van der Waals surface area contributed by atoms with Gasteiger partial charge in [0.25, 0.3) is 0 Å². The highest BCUT2D eigenvalue weighted by molar-refractivity contribution is 8.11. The zero-order valence-electron chi connectivity index (χ0n) is 7.58. The van der Waals surface area contributed by atoms with Gasteiger partial charge in [-0.1, -0.05) is 26.1 Å². The third-order valence-corrected chi connectivity index (χ3v) is 2.78. The van der Waals surface area contributed by atoms with Gasteiger partial charge in [-0.25, -0.2) is 5.01 Å². The smallest absolute Gasteiger partial charge is 0.145 e. The number of hydrazine groups is 1. The monoisotopic (exact) mass is 204 g/mol. The van der Waals surface area contributed by atoms with E-state index in [1.165, 1.54) is 6.42 Å². The van der Waals surface area contributed by atoms with E-state index in [0.717, 1.165) is 24.9 Å². The summed E-state index contributed by atoms with van der Waals surface area (Å²) in [7, 11) is 0. The molecule has 2 nitrogen and oxygen atoms in total. The van der Waals surface area contributed by atoms with Crippen molar-refractivity contribution in [2.24, 2.45) is 11.8 Å². The van der Waals surface area contributed by atoms with Crippen molar-refractivity contribution in [2.75, 3.05) is 13.1 Å². The van der Waals surface area contributed by atoms with Gasteiger partial charge in [-0.3, -0.25) is 0 Å². The predicted octanol–water partition coefficient (Wildman–Crippen LogP) is 1.68. The Bertz CT molecular complexity index is 172. The normalized spacial score (nSPS) is 31.6. The van der Waals surface area contributed by atoms with Gasteiger partial charge in [0, 0.05) is 13.1 Å². The summed E-state index contributed by atoms with van der Waals surface area (Å²) in [6.07, 6.45) is 1.24. The van der Waals surface area contributed by atoms with Gasteiger partial charge in [-0.15, -0.1) is 12.6 Å². The molecule has 1 fully saturated rings. The van der Waals surface area contributed by atoms with Gasteiger partial charge in [0.05, 0.1) is 0 Å². The van der Waals surface area contributed by atoms with Crippen LogP contribution < -0.4 is 5.43 Å². The van der Waals surface area contributed by atoms with Crippen molar-refractivity contribution in [3.8, 4) is 0 Å². The summed E-state index contributed by atoms with van der Waals surface area (Å²) in [5.74, 6) is 1.57. The van der Waals surface area contributed by atoms with Crippen molar-refractivity contribution in [3.05, 3.63) is 0 Å². The third kappa shape index (κ3) is 2.92. The molecule has 1 rings (SSSR count). The fourth-order valence-electron chi connectivity index (χ4n) is 1.50. The van der Waals surface area contributed by atoms with E-state index in [1.807, 2.05) is 0 Å². The minimum absolute atomic E-state index is 0.566. The summed E-state index contributed by atoms with van der Waals surface area (Å²) in [6.45, 7) is 6.73. The molecule has 1 aliphatic heterocycles. The Balaban J connectivity index is 2.35. The zero-order valence-corrected chi connectivity index (χ0v) is 9.29. The van der Waals surface area contributed by atoms with Crippen LogP contribution in [0.3, 0.4) is 0 Å². The molecule has 0 aliphatic carbocycles. The Morgan fingerprint density at radius 2 is 2.17 bits per heavy atom. The lowest BCUT2D eigenvalue weighted by molar-refractivity contribution is 0.116.